The van der Waals surface area contributed by atoms with E-state index in [1.54, 1.807) is 25.1 Å². The van der Waals surface area contributed by atoms with E-state index in [0.29, 0.717) is 11.8 Å². The van der Waals surface area contributed by atoms with Crippen molar-refractivity contribution in [3.05, 3.63) is 29.8 Å². The molecule has 0 heterocycles. The van der Waals surface area contributed by atoms with Gasteiger partial charge in [-0.25, -0.2) is 0 Å². The van der Waals surface area contributed by atoms with E-state index >= 15 is 0 Å². The first kappa shape index (κ1) is 22.2. The molecule has 0 aromatic heterocycles. The van der Waals surface area contributed by atoms with E-state index in [4.69, 9.17) is 26.6 Å². The molecule has 0 unspecified atom stereocenters. The Morgan fingerprint density at radius 2 is 1.10 bits per heavy atom. The molecule has 1 aromatic rings. The van der Waals surface area contributed by atoms with E-state index in [2.05, 4.69) is 0 Å². The van der Waals surface area contributed by atoms with Gasteiger partial charge in [0.15, 0.2) is 0 Å². The molecule has 124 valence electrons. The van der Waals surface area contributed by atoms with Gasteiger partial charge in [-0.1, -0.05) is 18.2 Å². The Bertz CT molecular complexity index is 699. The van der Waals surface area contributed by atoms with E-state index in [0.717, 1.165) is 0 Å². The molecule has 0 bridgehead atoms. The molecule has 0 atom stereocenters. The average Bonchev–Trinajstić information content (AvgIpc) is 2.10. The minimum absolute atomic E-state index is 0.0278. The van der Waals surface area contributed by atoms with Crippen molar-refractivity contribution < 1.29 is 43.5 Å². The van der Waals surface area contributed by atoms with Crippen LogP contribution in [0.15, 0.2) is 29.2 Å². The number of rotatable bonds is 1. The van der Waals surface area contributed by atoms with Crippen molar-refractivity contribution in [2.75, 3.05) is 6.26 Å². The van der Waals surface area contributed by atoms with Gasteiger partial charge >= 0.3 is 10.4 Å². The lowest BCUT2D eigenvalue weighted by Crippen LogP contribution is -1.99. The van der Waals surface area contributed by atoms with Gasteiger partial charge < -0.3 is 0 Å². The maximum absolute atomic E-state index is 10.6. The van der Waals surface area contributed by atoms with E-state index in [-0.39, 0.29) is 4.90 Å². The zero-order chi connectivity index (χ0) is 17.5. The topological polar surface area (TPSA) is 183 Å². The second-order valence-electron chi connectivity index (χ2n) is 3.42. The van der Waals surface area contributed by atoms with Gasteiger partial charge in [-0.05, 0) is 18.6 Å². The predicted octanol–water partition coefficient (Wildman–Crippen LogP) is 0.0929. The van der Waals surface area contributed by atoms with Crippen molar-refractivity contribution in [2.24, 2.45) is 0 Å². The van der Waals surface area contributed by atoms with Gasteiger partial charge in [0.2, 0.25) is 0 Å². The molecular formula is C8H14O10S3. The normalized spacial score (nSPS) is 11.5. The summed E-state index contributed by atoms with van der Waals surface area (Å²) in [5.74, 6) is 0. The van der Waals surface area contributed by atoms with Gasteiger partial charge in [-0.2, -0.15) is 25.3 Å². The molecule has 0 fully saturated rings. The Kier molecular flexibility index (Phi) is 8.85. The summed E-state index contributed by atoms with van der Waals surface area (Å²) in [6, 6.07) is 6.27. The Morgan fingerprint density at radius 3 is 1.29 bits per heavy atom. The molecule has 10 nitrogen and oxygen atoms in total. The SMILES string of the molecule is CS(=O)(=O)O.Cc1ccccc1S(=O)(=O)O.O=S(=O)(O)O. The second-order valence-corrected chi connectivity index (χ2v) is 7.17. The van der Waals surface area contributed by atoms with E-state index < -0.39 is 30.6 Å². The van der Waals surface area contributed by atoms with Crippen LogP contribution in [0.4, 0.5) is 0 Å². The lowest BCUT2D eigenvalue weighted by molar-refractivity contribution is 0.380. The van der Waals surface area contributed by atoms with E-state index in [9.17, 15) is 16.8 Å². The van der Waals surface area contributed by atoms with Crippen molar-refractivity contribution in [1.82, 2.24) is 0 Å². The van der Waals surface area contributed by atoms with Crippen LogP contribution in [0.3, 0.4) is 0 Å². The summed E-state index contributed by atoms with van der Waals surface area (Å²) in [4.78, 5) is -0.0278. The molecule has 21 heavy (non-hydrogen) atoms. The van der Waals surface area contributed by atoms with Gasteiger partial charge in [0, 0.05) is 0 Å². The third-order valence-electron chi connectivity index (χ3n) is 1.37. The monoisotopic (exact) mass is 366 g/mol. The highest BCUT2D eigenvalue weighted by Crippen LogP contribution is 2.12. The largest absolute Gasteiger partial charge is 0.394 e. The van der Waals surface area contributed by atoms with Crippen LogP contribution in [0.1, 0.15) is 5.56 Å². The summed E-state index contributed by atoms with van der Waals surface area (Å²) >= 11 is 0. The van der Waals surface area contributed by atoms with Crippen molar-refractivity contribution in [3.8, 4) is 0 Å². The molecule has 13 heteroatoms. The lowest BCUT2D eigenvalue weighted by atomic mass is 10.2. The summed E-state index contributed by atoms with van der Waals surface area (Å²) in [7, 11) is -12.4. The molecule has 0 aliphatic carbocycles. The van der Waals surface area contributed by atoms with Gasteiger partial charge in [-0.15, -0.1) is 0 Å². The van der Waals surface area contributed by atoms with Gasteiger partial charge in [0.1, 0.15) is 0 Å². The van der Waals surface area contributed by atoms with Crippen LogP contribution >= 0.6 is 0 Å². The maximum Gasteiger partial charge on any atom is 0.394 e. The number of hydrogen-bond acceptors (Lipinski definition) is 6. The average molecular weight is 366 g/mol. The van der Waals surface area contributed by atoms with E-state index in [1.165, 1.54) is 6.07 Å². The number of benzene rings is 1. The standard InChI is InChI=1S/C7H8O3S.CH4O3S.H2O4S/c1-6-4-2-3-5-7(6)11(8,9)10;2*1-5(2,3)4/h2-5H,1H3,(H,8,9,10);1H3,(H,2,3,4);(H2,1,2,3,4). The predicted molar refractivity (Wildman–Crippen MR) is 72.6 cm³/mol. The zero-order valence-electron chi connectivity index (χ0n) is 10.8. The van der Waals surface area contributed by atoms with Crippen LogP contribution in [-0.4, -0.2) is 49.7 Å². The highest BCUT2D eigenvalue weighted by atomic mass is 32.3. The molecule has 1 rings (SSSR count). The molecular weight excluding hydrogens is 352 g/mol. The van der Waals surface area contributed by atoms with Gasteiger partial charge in [0.25, 0.3) is 20.2 Å². The van der Waals surface area contributed by atoms with Gasteiger partial charge in [-0.3, -0.25) is 18.2 Å². The zero-order valence-corrected chi connectivity index (χ0v) is 13.2. The fraction of sp³-hybridized carbons (Fsp3) is 0.250. The highest BCUT2D eigenvalue weighted by Gasteiger charge is 2.10. The van der Waals surface area contributed by atoms with Crippen LogP contribution in [0.5, 0.6) is 0 Å². The minimum Gasteiger partial charge on any atom is -0.286 e. The molecule has 0 saturated carbocycles. The van der Waals surface area contributed by atoms with E-state index in [1.807, 2.05) is 0 Å². The molecule has 0 saturated heterocycles. The molecule has 1 aromatic carbocycles. The third-order valence-corrected chi connectivity index (χ3v) is 2.39. The molecule has 0 spiro atoms. The third kappa shape index (κ3) is 21.4. The first-order valence-electron chi connectivity index (χ1n) is 4.67. The Labute approximate surface area is 122 Å². The number of aryl methyl sites for hydroxylation is 1. The van der Waals surface area contributed by atoms with Crippen molar-refractivity contribution in [1.29, 1.82) is 0 Å². The summed E-state index contributed by atoms with van der Waals surface area (Å²) in [5, 5.41) is 0. The van der Waals surface area contributed by atoms with Crippen LogP contribution in [0, 0.1) is 6.92 Å². The molecule has 0 radical (unpaired) electrons. The lowest BCUT2D eigenvalue weighted by Gasteiger charge is -1.99. The summed E-state index contributed by atoms with van der Waals surface area (Å²) < 4.78 is 87.3. The molecule has 0 aliphatic heterocycles. The fourth-order valence-electron chi connectivity index (χ4n) is 0.846. The Hall–Kier alpha value is -1.09. The molecule has 4 N–H and O–H groups in total. The van der Waals surface area contributed by atoms with Crippen molar-refractivity contribution >= 4 is 30.6 Å². The summed E-state index contributed by atoms with van der Waals surface area (Å²) in [5.41, 5.74) is 0.551. The minimum atomic E-state index is -4.67. The van der Waals surface area contributed by atoms with Crippen LogP contribution in [0.2, 0.25) is 0 Å². The smallest absolute Gasteiger partial charge is 0.286 e. The van der Waals surface area contributed by atoms with Crippen LogP contribution in [0.25, 0.3) is 0 Å². The maximum atomic E-state index is 10.6. The Morgan fingerprint density at radius 1 is 0.810 bits per heavy atom. The van der Waals surface area contributed by atoms with Crippen LogP contribution in [-0.2, 0) is 30.6 Å². The summed E-state index contributed by atoms with van der Waals surface area (Å²) in [6.07, 6.45) is 0.715. The Balaban J connectivity index is 0. The first-order valence-corrected chi connectivity index (χ1v) is 9.36. The summed E-state index contributed by atoms with van der Waals surface area (Å²) in [6.45, 7) is 1.63. The van der Waals surface area contributed by atoms with Crippen molar-refractivity contribution in [2.45, 2.75) is 11.8 Å². The van der Waals surface area contributed by atoms with Crippen molar-refractivity contribution in [3.63, 3.8) is 0 Å². The first-order chi connectivity index (χ1) is 9.02. The molecule has 0 amide bonds. The number of hydrogen-bond donors (Lipinski definition) is 4. The molecule has 0 aliphatic rings. The van der Waals surface area contributed by atoms with Crippen LogP contribution < -0.4 is 0 Å². The van der Waals surface area contributed by atoms with Gasteiger partial charge in [0.05, 0.1) is 11.2 Å². The quantitative estimate of drug-likeness (QED) is 0.497. The highest BCUT2D eigenvalue weighted by molar-refractivity contribution is 7.86. The fourth-order valence-corrected chi connectivity index (χ4v) is 1.57. The second kappa shape index (κ2) is 8.38.